The highest BCUT2D eigenvalue weighted by Crippen LogP contribution is 2.54. The molecule has 2 aromatic rings. The van der Waals surface area contributed by atoms with Crippen molar-refractivity contribution in [2.45, 2.75) is 44.5 Å². The van der Waals surface area contributed by atoms with Gasteiger partial charge < -0.3 is 0 Å². The van der Waals surface area contributed by atoms with Gasteiger partial charge in [-0.25, -0.2) is 0 Å². The first kappa shape index (κ1) is 19.1. The van der Waals surface area contributed by atoms with Gasteiger partial charge in [0.2, 0.25) is 0 Å². The van der Waals surface area contributed by atoms with Gasteiger partial charge in [-0.2, -0.15) is 26.3 Å². The first-order chi connectivity index (χ1) is 13.1. The molecule has 0 heterocycles. The normalized spacial score (nSPS) is 21.9. The van der Waals surface area contributed by atoms with Crippen LogP contribution in [0.15, 0.2) is 48.5 Å². The Morgan fingerprint density at radius 1 is 0.821 bits per heavy atom. The van der Waals surface area contributed by atoms with Crippen LogP contribution >= 0.6 is 0 Å². The number of allylic oxidation sites excluding steroid dienone is 2. The van der Waals surface area contributed by atoms with Crippen molar-refractivity contribution < 1.29 is 26.3 Å². The number of halogens is 6. The van der Waals surface area contributed by atoms with Gasteiger partial charge in [0.15, 0.2) is 0 Å². The van der Waals surface area contributed by atoms with Crippen LogP contribution in [0.25, 0.3) is 5.57 Å². The molecule has 4 rings (SSSR count). The Bertz CT molecular complexity index is 918. The lowest BCUT2D eigenvalue weighted by molar-refractivity contribution is -0.138. The average molecular weight is 396 g/mol. The third-order valence-corrected chi connectivity index (χ3v) is 5.86. The van der Waals surface area contributed by atoms with Crippen molar-refractivity contribution in [2.24, 2.45) is 5.41 Å². The molecule has 0 unspecified atom stereocenters. The minimum absolute atomic E-state index is 0.343. The summed E-state index contributed by atoms with van der Waals surface area (Å²) in [6.07, 6.45) is -3.09. The highest BCUT2D eigenvalue weighted by Gasteiger charge is 2.44. The van der Waals surface area contributed by atoms with Gasteiger partial charge in [-0.1, -0.05) is 24.3 Å². The summed E-state index contributed by atoms with van der Waals surface area (Å²) in [5.41, 5.74) is 1.50. The molecular weight excluding hydrogens is 378 g/mol. The van der Waals surface area contributed by atoms with Crippen LogP contribution in [0.5, 0.6) is 0 Å². The Morgan fingerprint density at radius 2 is 1.46 bits per heavy atom. The minimum Gasteiger partial charge on any atom is -0.166 e. The van der Waals surface area contributed by atoms with Crippen molar-refractivity contribution in [3.05, 3.63) is 76.4 Å². The monoisotopic (exact) mass is 396 g/mol. The van der Waals surface area contributed by atoms with Crippen molar-refractivity contribution in [1.29, 1.82) is 0 Å². The number of hydrogen-bond donors (Lipinski definition) is 0. The number of alkyl halides is 6. The Morgan fingerprint density at radius 3 is 2.11 bits per heavy atom. The van der Waals surface area contributed by atoms with Crippen molar-refractivity contribution in [1.82, 2.24) is 0 Å². The highest BCUT2D eigenvalue weighted by molar-refractivity contribution is 5.79. The molecule has 0 spiro atoms. The number of hydrogen-bond acceptors (Lipinski definition) is 0. The second kappa shape index (κ2) is 6.39. The Kier molecular flexibility index (Phi) is 4.36. The standard InChI is InChI=1S/C22H18F6/c23-21(24,25)16-7-4-14(5-8-16)12-20-10-2-1-3-19(20)18-11-17(22(26,27)28)9-6-15(18)13-20/h3-9,11H,1-2,10,12-13H2/t20-/m1/s1. The lowest BCUT2D eigenvalue weighted by Gasteiger charge is -2.34. The molecule has 2 aromatic carbocycles. The van der Waals surface area contributed by atoms with Crippen LogP contribution in [0.4, 0.5) is 26.3 Å². The van der Waals surface area contributed by atoms with Gasteiger partial charge in [0, 0.05) is 5.41 Å². The average Bonchev–Trinajstić information content (AvgIpc) is 2.93. The highest BCUT2D eigenvalue weighted by atomic mass is 19.4. The van der Waals surface area contributed by atoms with Crippen LogP contribution in [-0.4, -0.2) is 0 Å². The number of benzene rings is 2. The molecule has 0 nitrogen and oxygen atoms in total. The van der Waals surface area contributed by atoms with E-state index in [0.29, 0.717) is 18.4 Å². The summed E-state index contributed by atoms with van der Waals surface area (Å²) in [4.78, 5) is 0. The smallest absolute Gasteiger partial charge is 0.166 e. The summed E-state index contributed by atoms with van der Waals surface area (Å²) in [7, 11) is 0. The molecule has 0 aliphatic heterocycles. The predicted molar refractivity (Wildman–Crippen MR) is 94.6 cm³/mol. The van der Waals surface area contributed by atoms with Crippen molar-refractivity contribution >= 4 is 5.57 Å². The van der Waals surface area contributed by atoms with Crippen molar-refractivity contribution in [3.63, 3.8) is 0 Å². The molecule has 2 aliphatic carbocycles. The first-order valence-corrected chi connectivity index (χ1v) is 9.16. The molecule has 6 heteroatoms. The second-order valence-corrected chi connectivity index (χ2v) is 7.71. The zero-order valence-corrected chi connectivity index (χ0v) is 14.9. The van der Waals surface area contributed by atoms with Crippen LogP contribution in [0.3, 0.4) is 0 Å². The van der Waals surface area contributed by atoms with Gasteiger partial charge >= 0.3 is 12.4 Å². The maximum atomic E-state index is 13.1. The van der Waals surface area contributed by atoms with E-state index < -0.39 is 23.5 Å². The number of rotatable bonds is 2. The zero-order valence-electron chi connectivity index (χ0n) is 14.9. The lowest BCUT2D eigenvalue weighted by atomic mass is 9.69. The van der Waals surface area contributed by atoms with Gasteiger partial charge in [-0.15, -0.1) is 0 Å². The molecule has 148 valence electrons. The molecule has 0 bridgehead atoms. The molecular formula is C22H18F6. The fourth-order valence-corrected chi connectivity index (χ4v) is 4.59. The molecule has 0 saturated heterocycles. The quantitative estimate of drug-likeness (QED) is 0.476. The van der Waals surface area contributed by atoms with Crippen LogP contribution in [-0.2, 0) is 25.2 Å². The topological polar surface area (TPSA) is 0 Å². The van der Waals surface area contributed by atoms with Crippen LogP contribution in [0, 0.1) is 5.41 Å². The van der Waals surface area contributed by atoms with Crippen LogP contribution in [0.2, 0.25) is 0 Å². The fraction of sp³-hybridized carbons (Fsp3) is 0.364. The van der Waals surface area contributed by atoms with E-state index >= 15 is 0 Å². The third kappa shape index (κ3) is 3.33. The Balaban J connectivity index is 1.68. The largest absolute Gasteiger partial charge is 0.416 e. The molecule has 2 aliphatic rings. The van der Waals surface area contributed by atoms with Crippen LogP contribution in [0.1, 0.15) is 47.1 Å². The summed E-state index contributed by atoms with van der Waals surface area (Å²) in [5, 5.41) is 0. The fourth-order valence-electron chi connectivity index (χ4n) is 4.59. The van der Waals surface area contributed by atoms with E-state index in [1.165, 1.54) is 18.2 Å². The zero-order chi connectivity index (χ0) is 20.2. The van der Waals surface area contributed by atoms with Crippen LogP contribution < -0.4 is 0 Å². The lowest BCUT2D eigenvalue weighted by Crippen LogP contribution is -2.25. The van der Waals surface area contributed by atoms with E-state index in [1.807, 2.05) is 6.08 Å². The van der Waals surface area contributed by atoms with Gasteiger partial charge in [0.05, 0.1) is 11.1 Å². The summed E-state index contributed by atoms with van der Waals surface area (Å²) < 4.78 is 77.8. The van der Waals surface area contributed by atoms with E-state index in [2.05, 4.69) is 0 Å². The summed E-state index contributed by atoms with van der Waals surface area (Å²) >= 11 is 0. The molecule has 1 atom stereocenters. The molecule has 0 amide bonds. The van der Waals surface area contributed by atoms with E-state index in [9.17, 15) is 26.3 Å². The summed E-state index contributed by atoms with van der Waals surface area (Å²) in [5.74, 6) is 0. The van der Waals surface area contributed by atoms with E-state index in [-0.39, 0.29) is 5.41 Å². The first-order valence-electron chi connectivity index (χ1n) is 9.16. The molecule has 28 heavy (non-hydrogen) atoms. The Labute approximate surface area is 158 Å². The maximum absolute atomic E-state index is 13.1. The summed E-state index contributed by atoms with van der Waals surface area (Å²) in [6.45, 7) is 0. The SMILES string of the molecule is FC(F)(F)c1ccc(C[C@@]23CCCC=C2c2cc(C(F)(F)F)ccc2C3)cc1. The second-order valence-electron chi connectivity index (χ2n) is 7.71. The molecule has 0 N–H and O–H groups in total. The van der Waals surface area contributed by atoms with Gasteiger partial charge in [0.25, 0.3) is 0 Å². The third-order valence-electron chi connectivity index (χ3n) is 5.86. The van der Waals surface area contributed by atoms with E-state index in [0.717, 1.165) is 54.2 Å². The van der Waals surface area contributed by atoms with Gasteiger partial charge in [-0.05, 0) is 78.6 Å². The molecule has 0 fully saturated rings. The minimum atomic E-state index is -4.40. The molecule has 0 aromatic heterocycles. The number of fused-ring (bicyclic) bond motifs is 3. The van der Waals surface area contributed by atoms with Crippen molar-refractivity contribution in [3.8, 4) is 0 Å². The Hall–Kier alpha value is -2.24. The van der Waals surface area contributed by atoms with Crippen molar-refractivity contribution in [2.75, 3.05) is 0 Å². The molecule has 0 radical (unpaired) electrons. The van der Waals surface area contributed by atoms with Gasteiger partial charge in [0.1, 0.15) is 0 Å². The van der Waals surface area contributed by atoms with Gasteiger partial charge in [-0.3, -0.25) is 0 Å². The maximum Gasteiger partial charge on any atom is 0.416 e. The predicted octanol–water partition coefficient (Wildman–Crippen LogP) is 7.08. The summed E-state index contributed by atoms with van der Waals surface area (Å²) in [6, 6.07) is 8.99. The van der Waals surface area contributed by atoms with E-state index in [4.69, 9.17) is 0 Å². The molecule has 0 saturated carbocycles. The van der Waals surface area contributed by atoms with E-state index in [1.54, 1.807) is 6.07 Å².